The first-order valence-corrected chi connectivity index (χ1v) is 6.51. The maximum atomic E-state index is 11.4. The molecule has 0 spiro atoms. The fourth-order valence-corrected chi connectivity index (χ4v) is 1.83. The third kappa shape index (κ3) is 4.32. The summed E-state index contributed by atoms with van der Waals surface area (Å²) in [6.07, 6.45) is 1.36. The molecule has 0 fully saturated rings. The summed E-state index contributed by atoms with van der Waals surface area (Å²) in [4.78, 5) is 11.4. The van der Waals surface area contributed by atoms with Gasteiger partial charge in [0.25, 0.3) is 0 Å². The minimum absolute atomic E-state index is 0.0308. The summed E-state index contributed by atoms with van der Waals surface area (Å²) in [6.45, 7) is 2.56. The van der Waals surface area contributed by atoms with Gasteiger partial charge in [0, 0.05) is 12.1 Å². The van der Waals surface area contributed by atoms with E-state index in [1.165, 1.54) is 20.4 Å². The topological polar surface area (TPSA) is 92.2 Å². The van der Waals surface area contributed by atoms with Crippen LogP contribution in [0.2, 0.25) is 0 Å². The van der Waals surface area contributed by atoms with Crippen molar-refractivity contribution in [3.8, 4) is 11.5 Å². The molecule has 0 bridgehead atoms. The highest BCUT2D eigenvalue weighted by atomic mass is 32.1. The number of hydrogen-bond donors (Lipinski definition) is 3. The molecule has 0 amide bonds. The Morgan fingerprint density at radius 3 is 2.67 bits per heavy atom. The van der Waals surface area contributed by atoms with E-state index >= 15 is 0 Å². The van der Waals surface area contributed by atoms with Gasteiger partial charge in [0.15, 0.2) is 16.6 Å². The second-order valence-corrected chi connectivity index (χ2v) is 4.21. The Balaban J connectivity index is 3.10. The average Bonchev–Trinajstić information content (AvgIpc) is 2.46. The van der Waals surface area contributed by atoms with Crippen molar-refractivity contribution < 1.29 is 19.4 Å². The summed E-state index contributed by atoms with van der Waals surface area (Å²) in [5.74, 6) is -0.659. The number of carbonyl (C=O) groups is 1. The predicted molar refractivity (Wildman–Crippen MR) is 83.5 cm³/mol. The van der Waals surface area contributed by atoms with Crippen molar-refractivity contribution in [3.05, 3.63) is 23.3 Å². The van der Waals surface area contributed by atoms with Crippen LogP contribution >= 0.6 is 12.2 Å². The van der Waals surface area contributed by atoms with E-state index in [1.54, 1.807) is 12.1 Å². The zero-order valence-corrected chi connectivity index (χ0v) is 12.8. The van der Waals surface area contributed by atoms with Crippen LogP contribution in [0.4, 0.5) is 0 Å². The molecule has 0 saturated carbocycles. The van der Waals surface area contributed by atoms with Gasteiger partial charge in [-0.1, -0.05) is 0 Å². The van der Waals surface area contributed by atoms with E-state index in [-0.39, 0.29) is 11.3 Å². The van der Waals surface area contributed by atoms with Gasteiger partial charge < -0.3 is 19.9 Å². The summed E-state index contributed by atoms with van der Waals surface area (Å²) in [6, 6.07) is 3.18. The molecule has 0 aliphatic carbocycles. The van der Waals surface area contributed by atoms with Crippen LogP contribution in [0.1, 0.15) is 22.8 Å². The van der Waals surface area contributed by atoms with Crippen molar-refractivity contribution in [2.75, 3.05) is 20.8 Å². The maximum Gasteiger partial charge on any atom is 0.340 e. The first-order chi connectivity index (χ1) is 10.0. The fourth-order valence-electron chi connectivity index (χ4n) is 1.63. The van der Waals surface area contributed by atoms with Crippen LogP contribution in [0, 0.1) is 0 Å². The third-order valence-corrected chi connectivity index (χ3v) is 2.73. The second-order valence-electron chi connectivity index (χ2n) is 3.80. The molecular formula is C13H17N3O4S. The summed E-state index contributed by atoms with van der Waals surface area (Å²) < 4.78 is 10.2. The molecule has 7 nitrogen and oxygen atoms in total. The maximum absolute atomic E-state index is 11.4. The summed E-state index contributed by atoms with van der Waals surface area (Å²) in [7, 11) is 2.82. The van der Waals surface area contributed by atoms with Crippen molar-refractivity contribution in [2.24, 2.45) is 5.10 Å². The lowest BCUT2D eigenvalue weighted by Gasteiger charge is -2.12. The molecular weight excluding hydrogens is 294 g/mol. The molecule has 0 aliphatic heterocycles. The highest BCUT2D eigenvalue weighted by Gasteiger charge is 2.19. The standard InChI is InChI=1S/C13H17N3O4S/c1-4-14-13(21)16-15-7-8-5-6-9(19-2)11(20-3)10(8)12(17)18/h5-7H,4H2,1-3H3,(H,17,18)(H2,14,16,21)/b15-7-. The Kier molecular flexibility index (Phi) is 6.41. The molecule has 0 aliphatic rings. The SMILES string of the molecule is CCNC(=S)N/N=C\c1ccc(OC)c(OC)c1C(=O)O. The van der Waals surface area contributed by atoms with Gasteiger partial charge in [0.1, 0.15) is 5.56 Å². The van der Waals surface area contributed by atoms with Gasteiger partial charge in [0.2, 0.25) is 0 Å². The summed E-state index contributed by atoms with van der Waals surface area (Å²) in [5, 5.41) is 16.4. The highest BCUT2D eigenvalue weighted by Crippen LogP contribution is 2.32. The van der Waals surface area contributed by atoms with Crippen molar-refractivity contribution >= 4 is 29.5 Å². The number of ether oxygens (including phenoxy) is 2. The molecule has 0 atom stereocenters. The van der Waals surface area contributed by atoms with Crippen LogP contribution in [0.5, 0.6) is 11.5 Å². The zero-order chi connectivity index (χ0) is 15.8. The van der Waals surface area contributed by atoms with Gasteiger partial charge in [-0.05, 0) is 31.3 Å². The van der Waals surface area contributed by atoms with Gasteiger partial charge in [-0.15, -0.1) is 0 Å². The fraction of sp³-hybridized carbons (Fsp3) is 0.308. The van der Waals surface area contributed by atoms with E-state index in [0.717, 1.165) is 0 Å². The number of methoxy groups -OCH3 is 2. The molecule has 0 heterocycles. The van der Waals surface area contributed by atoms with Gasteiger partial charge in [-0.3, -0.25) is 5.43 Å². The molecule has 21 heavy (non-hydrogen) atoms. The Morgan fingerprint density at radius 2 is 2.14 bits per heavy atom. The molecule has 1 rings (SSSR count). The van der Waals surface area contributed by atoms with Crippen molar-refractivity contribution in [2.45, 2.75) is 6.92 Å². The zero-order valence-electron chi connectivity index (χ0n) is 12.0. The second kappa shape index (κ2) is 8.05. The lowest BCUT2D eigenvalue weighted by atomic mass is 10.1. The van der Waals surface area contributed by atoms with Crippen molar-refractivity contribution in [3.63, 3.8) is 0 Å². The number of benzene rings is 1. The van der Waals surface area contributed by atoms with Crippen LogP contribution in [0.3, 0.4) is 0 Å². The molecule has 1 aromatic rings. The van der Waals surface area contributed by atoms with Gasteiger partial charge in [-0.25, -0.2) is 4.79 Å². The molecule has 114 valence electrons. The Bertz CT molecular complexity index is 561. The summed E-state index contributed by atoms with van der Waals surface area (Å²) >= 11 is 4.94. The van der Waals surface area contributed by atoms with E-state index in [0.29, 0.717) is 23.0 Å². The smallest absolute Gasteiger partial charge is 0.340 e. The Labute approximate surface area is 127 Å². The molecule has 0 aromatic heterocycles. The van der Waals surface area contributed by atoms with E-state index in [1.807, 2.05) is 6.92 Å². The Hall–Kier alpha value is -2.35. The van der Waals surface area contributed by atoms with Gasteiger partial charge in [-0.2, -0.15) is 5.10 Å². The number of thiocarbonyl (C=S) groups is 1. The predicted octanol–water partition coefficient (Wildman–Crippen LogP) is 1.22. The molecule has 8 heteroatoms. The number of hydrazone groups is 1. The molecule has 0 saturated heterocycles. The minimum Gasteiger partial charge on any atom is -0.493 e. The van der Waals surface area contributed by atoms with E-state index in [2.05, 4.69) is 15.8 Å². The quantitative estimate of drug-likeness (QED) is 0.413. The minimum atomic E-state index is -1.14. The molecule has 3 N–H and O–H groups in total. The largest absolute Gasteiger partial charge is 0.493 e. The number of aromatic carboxylic acids is 1. The van der Waals surface area contributed by atoms with Crippen molar-refractivity contribution in [1.82, 2.24) is 10.7 Å². The monoisotopic (exact) mass is 311 g/mol. The van der Waals surface area contributed by atoms with Crippen LogP contribution in [0.25, 0.3) is 0 Å². The first-order valence-electron chi connectivity index (χ1n) is 6.10. The number of nitrogens with zero attached hydrogens (tertiary/aromatic N) is 1. The average molecular weight is 311 g/mol. The van der Waals surface area contributed by atoms with Crippen molar-refractivity contribution in [1.29, 1.82) is 0 Å². The normalized spacial score (nSPS) is 10.2. The number of hydrogen-bond acceptors (Lipinski definition) is 5. The summed E-state index contributed by atoms with van der Waals surface area (Å²) in [5.41, 5.74) is 2.93. The van der Waals surface area contributed by atoms with Crippen LogP contribution in [-0.4, -0.2) is 43.2 Å². The van der Waals surface area contributed by atoms with E-state index < -0.39 is 5.97 Å². The number of rotatable bonds is 6. The lowest BCUT2D eigenvalue weighted by molar-refractivity contribution is 0.0692. The van der Waals surface area contributed by atoms with Crippen LogP contribution < -0.4 is 20.2 Å². The van der Waals surface area contributed by atoms with Gasteiger partial charge in [0.05, 0.1) is 20.4 Å². The van der Waals surface area contributed by atoms with Crippen LogP contribution in [0.15, 0.2) is 17.2 Å². The van der Waals surface area contributed by atoms with Crippen LogP contribution in [-0.2, 0) is 0 Å². The number of nitrogens with one attached hydrogen (secondary N) is 2. The Morgan fingerprint density at radius 1 is 1.43 bits per heavy atom. The lowest BCUT2D eigenvalue weighted by Crippen LogP contribution is -2.31. The molecule has 0 unspecified atom stereocenters. The van der Waals surface area contributed by atoms with Gasteiger partial charge >= 0.3 is 5.97 Å². The molecule has 0 radical (unpaired) electrons. The number of carboxylic acid groups (broad SMARTS) is 1. The molecule has 1 aromatic carbocycles. The van der Waals surface area contributed by atoms with E-state index in [9.17, 15) is 9.90 Å². The van der Waals surface area contributed by atoms with E-state index in [4.69, 9.17) is 21.7 Å². The first kappa shape index (κ1) is 16.7. The number of carboxylic acids is 1. The third-order valence-electron chi connectivity index (χ3n) is 2.50. The highest BCUT2D eigenvalue weighted by molar-refractivity contribution is 7.80.